The van der Waals surface area contributed by atoms with Crippen LogP contribution >= 0.6 is 0 Å². The summed E-state index contributed by atoms with van der Waals surface area (Å²) in [6.45, 7) is -0.221. The molecule has 39 heavy (non-hydrogen) atoms. The zero-order valence-electron chi connectivity index (χ0n) is 20.9. The van der Waals surface area contributed by atoms with E-state index in [9.17, 15) is 24.3 Å². The number of carboxylic acids is 1. The topological polar surface area (TPSA) is 144 Å². The number of nitrogens with zero attached hydrogens (tertiary/aromatic N) is 1. The van der Waals surface area contributed by atoms with Gasteiger partial charge in [-0.3, -0.25) is 14.5 Å². The van der Waals surface area contributed by atoms with Crippen molar-refractivity contribution in [2.24, 2.45) is 0 Å². The van der Waals surface area contributed by atoms with Gasteiger partial charge in [-0.05, 0) is 29.3 Å². The lowest BCUT2D eigenvalue weighted by Crippen LogP contribution is -2.56. The van der Waals surface area contributed by atoms with E-state index >= 15 is 0 Å². The average molecular weight is 526 g/mol. The van der Waals surface area contributed by atoms with Crippen molar-refractivity contribution in [3.8, 4) is 0 Å². The van der Waals surface area contributed by atoms with Crippen LogP contribution in [0.2, 0.25) is 0 Å². The number of carboxylic acid groups (broad SMARTS) is 1. The molecule has 0 aliphatic carbocycles. The van der Waals surface area contributed by atoms with Crippen molar-refractivity contribution < 1.29 is 24.3 Å². The van der Waals surface area contributed by atoms with Crippen LogP contribution in [0.1, 0.15) is 11.1 Å². The van der Waals surface area contributed by atoms with Gasteiger partial charge in [0.15, 0.2) is 0 Å². The number of nitrogens with one attached hydrogen (secondary N) is 4. The van der Waals surface area contributed by atoms with Gasteiger partial charge in [0.25, 0.3) is 0 Å². The SMILES string of the molecule is O=C1CN(C(=O)N[C@@H](Cc2ccccc2)C(=O)N[C@H](Cc2c[nH]c3ccccc23)C(=O)O)c2ccccc2N1. The molecule has 10 nitrogen and oxygen atoms in total. The molecule has 4 aromatic rings. The van der Waals surface area contributed by atoms with Gasteiger partial charge in [-0.1, -0.05) is 60.7 Å². The fraction of sp³-hybridized carbons (Fsp3) is 0.172. The van der Waals surface area contributed by atoms with Crippen molar-refractivity contribution >= 4 is 46.1 Å². The van der Waals surface area contributed by atoms with Crippen LogP contribution in [0.15, 0.2) is 85.1 Å². The number of anilines is 2. The van der Waals surface area contributed by atoms with Crippen LogP contribution in [-0.4, -0.2) is 52.5 Å². The Morgan fingerprint density at radius 1 is 0.872 bits per heavy atom. The van der Waals surface area contributed by atoms with Crippen LogP contribution in [0.4, 0.5) is 16.2 Å². The molecule has 2 atom stereocenters. The van der Waals surface area contributed by atoms with Gasteiger partial charge < -0.3 is 26.0 Å². The molecule has 10 heteroatoms. The van der Waals surface area contributed by atoms with Crippen molar-refractivity contribution in [3.05, 3.63) is 96.2 Å². The highest BCUT2D eigenvalue weighted by molar-refractivity contribution is 6.10. The number of urea groups is 1. The minimum Gasteiger partial charge on any atom is -0.480 e. The predicted octanol–water partition coefficient (Wildman–Crippen LogP) is 3.06. The molecule has 4 amide bonds. The summed E-state index contributed by atoms with van der Waals surface area (Å²) in [5.74, 6) is -2.20. The first-order valence-corrected chi connectivity index (χ1v) is 12.5. The maximum absolute atomic E-state index is 13.5. The number of para-hydroxylation sites is 3. The van der Waals surface area contributed by atoms with Crippen molar-refractivity contribution in [3.63, 3.8) is 0 Å². The molecule has 5 N–H and O–H groups in total. The molecular weight excluding hydrogens is 498 g/mol. The van der Waals surface area contributed by atoms with E-state index in [0.29, 0.717) is 11.4 Å². The number of carbonyl (C=O) groups is 4. The Labute approximate surface area is 224 Å². The summed E-state index contributed by atoms with van der Waals surface area (Å²) in [6.07, 6.45) is 1.91. The number of aromatic amines is 1. The van der Waals surface area contributed by atoms with Gasteiger partial charge in [0.1, 0.15) is 18.6 Å². The van der Waals surface area contributed by atoms with Crippen molar-refractivity contribution in [2.75, 3.05) is 16.8 Å². The second-order valence-corrected chi connectivity index (χ2v) is 9.31. The number of aromatic nitrogens is 1. The smallest absolute Gasteiger partial charge is 0.326 e. The van der Waals surface area contributed by atoms with E-state index in [1.807, 2.05) is 54.6 Å². The molecule has 3 aromatic carbocycles. The first kappa shape index (κ1) is 25.5. The molecule has 0 spiro atoms. The number of carbonyl (C=O) groups excluding carboxylic acids is 3. The van der Waals surface area contributed by atoms with Gasteiger partial charge >= 0.3 is 12.0 Å². The number of hydrogen-bond acceptors (Lipinski definition) is 4. The molecule has 0 unspecified atom stereocenters. The van der Waals surface area contributed by atoms with Crippen molar-refractivity contribution in [1.29, 1.82) is 0 Å². The molecule has 1 aromatic heterocycles. The largest absolute Gasteiger partial charge is 0.480 e. The van der Waals surface area contributed by atoms with Gasteiger partial charge in [-0.2, -0.15) is 0 Å². The zero-order valence-corrected chi connectivity index (χ0v) is 20.9. The third-order valence-electron chi connectivity index (χ3n) is 6.63. The van der Waals surface area contributed by atoms with Crippen LogP contribution in [0.3, 0.4) is 0 Å². The molecule has 0 fully saturated rings. The standard InChI is InChI=1S/C29H27N5O5/c35-26-17-34(25-13-7-6-12-22(25)31-26)29(39)33-23(14-18-8-2-1-3-9-18)27(36)32-24(28(37)38)15-19-16-30-21-11-5-4-10-20(19)21/h1-13,16,23-24,30H,14-15,17H2,(H,31,35)(H,32,36)(H,33,39)(H,37,38)/t23-,24+/m0/s1. The maximum atomic E-state index is 13.5. The van der Waals surface area contributed by atoms with E-state index in [0.717, 1.165) is 22.0 Å². The molecule has 0 saturated heterocycles. The Bertz CT molecular complexity index is 1530. The summed E-state index contributed by atoms with van der Waals surface area (Å²) in [5, 5.41) is 18.9. The fourth-order valence-corrected chi connectivity index (χ4v) is 4.69. The summed E-state index contributed by atoms with van der Waals surface area (Å²) in [7, 11) is 0. The quantitative estimate of drug-likeness (QED) is 0.240. The highest BCUT2D eigenvalue weighted by atomic mass is 16.4. The number of fused-ring (bicyclic) bond motifs is 2. The Hall–Kier alpha value is -5.12. The third kappa shape index (κ3) is 5.74. The lowest BCUT2D eigenvalue weighted by molar-refractivity contribution is -0.142. The average Bonchev–Trinajstić information content (AvgIpc) is 3.35. The molecule has 0 saturated carbocycles. The van der Waals surface area contributed by atoms with Gasteiger partial charge in [-0.25, -0.2) is 9.59 Å². The van der Waals surface area contributed by atoms with Crippen LogP contribution in [-0.2, 0) is 27.2 Å². The van der Waals surface area contributed by atoms with E-state index in [4.69, 9.17) is 0 Å². The summed E-state index contributed by atoms with van der Waals surface area (Å²) in [4.78, 5) is 55.6. The van der Waals surface area contributed by atoms with Crippen LogP contribution in [0.5, 0.6) is 0 Å². The molecule has 2 heterocycles. The van der Waals surface area contributed by atoms with E-state index in [-0.39, 0.29) is 25.3 Å². The van der Waals surface area contributed by atoms with E-state index < -0.39 is 30.0 Å². The van der Waals surface area contributed by atoms with E-state index in [2.05, 4.69) is 20.9 Å². The van der Waals surface area contributed by atoms with Gasteiger partial charge in [0.05, 0.1) is 11.4 Å². The lowest BCUT2D eigenvalue weighted by atomic mass is 10.0. The highest BCUT2D eigenvalue weighted by Crippen LogP contribution is 2.29. The number of benzene rings is 3. The Kier molecular flexibility index (Phi) is 7.26. The maximum Gasteiger partial charge on any atom is 0.326 e. The van der Waals surface area contributed by atoms with E-state index in [1.165, 1.54) is 4.90 Å². The van der Waals surface area contributed by atoms with Crippen molar-refractivity contribution in [2.45, 2.75) is 24.9 Å². The van der Waals surface area contributed by atoms with Gasteiger partial charge in [0, 0.05) is 29.9 Å². The van der Waals surface area contributed by atoms with Gasteiger partial charge in [-0.15, -0.1) is 0 Å². The zero-order chi connectivity index (χ0) is 27.4. The summed E-state index contributed by atoms with van der Waals surface area (Å²) >= 11 is 0. The van der Waals surface area contributed by atoms with Gasteiger partial charge in [0.2, 0.25) is 11.8 Å². The monoisotopic (exact) mass is 525 g/mol. The minimum absolute atomic E-state index is 0.0523. The summed E-state index contributed by atoms with van der Waals surface area (Å²) in [5.41, 5.74) is 3.37. The molecule has 1 aliphatic heterocycles. The molecule has 198 valence electrons. The number of hydrogen-bond donors (Lipinski definition) is 5. The number of rotatable bonds is 8. The second-order valence-electron chi connectivity index (χ2n) is 9.31. The molecule has 0 radical (unpaired) electrons. The third-order valence-corrected chi connectivity index (χ3v) is 6.63. The predicted molar refractivity (Wildman–Crippen MR) is 146 cm³/mol. The lowest BCUT2D eigenvalue weighted by Gasteiger charge is -2.31. The van der Waals surface area contributed by atoms with E-state index in [1.54, 1.807) is 30.5 Å². The van der Waals surface area contributed by atoms with Crippen LogP contribution in [0, 0.1) is 0 Å². The normalized spacial score (nSPS) is 14.2. The fourth-order valence-electron chi connectivity index (χ4n) is 4.69. The highest BCUT2D eigenvalue weighted by Gasteiger charge is 2.32. The molecule has 0 bridgehead atoms. The first-order chi connectivity index (χ1) is 18.9. The Morgan fingerprint density at radius 3 is 2.38 bits per heavy atom. The molecule has 1 aliphatic rings. The van der Waals surface area contributed by atoms with Crippen LogP contribution in [0.25, 0.3) is 10.9 Å². The van der Waals surface area contributed by atoms with Crippen molar-refractivity contribution in [1.82, 2.24) is 15.6 Å². The molecule has 5 rings (SSSR count). The number of amides is 4. The molecular formula is C29H27N5O5. The first-order valence-electron chi connectivity index (χ1n) is 12.5. The summed E-state index contributed by atoms with van der Waals surface area (Å²) in [6, 6.07) is 20.5. The number of H-pyrrole nitrogens is 1. The minimum atomic E-state index is -1.23. The Morgan fingerprint density at radius 2 is 1.59 bits per heavy atom. The second kappa shape index (κ2) is 11.1. The summed E-state index contributed by atoms with van der Waals surface area (Å²) < 4.78 is 0. The Balaban J connectivity index is 1.37. The number of aliphatic carboxylic acids is 1. The van der Waals surface area contributed by atoms with Crippen LogP contribution < -0.4 is 20.9 Å².